The van der Waals surface area contributed by atoms with Crippen LogP contribution in [-0.2, 0) is 11.3 Å². The number of hydrogen-bond acceptors (Lipinski definition) is 5. The molecule has 0 radical (unpaired) electrons. The Bertz CT molecular complexity index is 398. The van der Waals surface area contributed by atoms with Crippen molar-refractivity contribution >= 4 is 11.6 Å². The van der Waals surface area contributed by atoms with E-state index < -0.39 is 0 Å². The minimum atomic E-state index is 0.467. The topological polar surface area (TPSA) is 59.1 Å². The average Bonchev–Trinajstić information content (AvgIpc) is 3.21. The van der Waals surface area contributed by atoms with Gasteiger partial charge < -0.3 is 15.4 Å². The van der Waals surface area contributed by atoms with Gasteiger partial charge in [-0.1, -0.05) is 20.3 Å². The largest absolute Gasteiger partial charge is 0.374 e. The van der Waals surface area contributed by atoms with E-state index in [1.165, 1.54) is 12.8 Å². The van der Waals surface area contributed by atoms with Crippen molar-refractivity contribution in [2.24, 2.45) is 5.92 Å². The highest BCUT2D eigenvalue weighted by molar-refractivity contribution is 5.48. The van der Waals surface area contributed by atoms with E-state index in [0.717, 1.165) is 36.3 Å². The molecule has 1 saturated carbocycles. The van der Waals surface area contributed by atoms with Gasteiger partial charge in [0.15, 0.2) is 5.82 Å². The molecule has 0 amide bonds. The molecule has 2 rings (SSSR count). The van der Waals surface area contributed by atoms with Crippen LogP contribution >= 0.6 is 0 Å². The smallest absolute Gasteiger partial charge is 0.158 e. The van der Waals surface area contributed by atoms with Gasteiger partial charge in [0.1, 0.15) is 18.2 Å². The molecule has 0 aliphatic heterocycles. The first-order valence-corrected chi connectivity index (χ1v) is 7.72. The highest BCUT2D eigenvalue weighted by atomic mass is 16.5. The van der Waals surface area contributed by atoms with E-state index >= 15 is 0 Å². The first-order valence-electron chi connectivity index (χ1n) is 7.72. The Kier molecular flexibility index (Phi) is 5.59. The number of anilines is 2. The van der Waals surface area contributed by atoms with Gasteiger partial charge in [0.25, 0.3) is 0 Å². The second-order valence-electron chi connectivity index (χ2n) is 5.27. The van der Waals surface area contributed by atoms with Gasteiger partial charge in [-0.05, 0) is 25.7 Å². The molecular weight excluding hydrogens is 252 g/mol. The van der Waals surface area contributed by atoms with Crippen LogP contribution in [0.5, 0.6) is 0 Å². The van der Waals surface area contributed by atoms with Crippen LogP contribution in [0.3, 0.4) is 0 Å². The van der Waals surface area contributed by atoms with Crippen LogP contribution in [0.4, 0.5) is 11.6 Å². The molecule has 1 aromatic heterocycles. The summed E-state index contributed by atoms with van der Waals surface area (Å²) in [6.07, 6.45) is 3.56. The van der Waals surface area contributed by atoms with E-state index in [4.69, 9.17) is 4.74 Å². The van der Waals surface area contributed by atoms with E-state index in [1.807, 2.05) is 13.0 Å². The third-order valence-corrected chi connectivity index (χ3v) is 3.54. The average molecular weight is 278 g/mol. The molecule has 5 heteroatoms. The molecule has 0 aromatic carbocycles. The Balaban J connectivity index is 2.03. The SMILES string of the molecule is CCCNc1cc(NC2CC2CC)nc(COCC)n1. The van der Waals surface area contributed by atoms with E-state index in [1.54, 1.807) is 0 Å². The minimum Gasteiger partial charge on any atom is -0.374 e. The second kappa shape index (κ2) is 7.43. The number of hydrogen-bond donors (Lipinski definition) is 2. The fraction of sp³-hybridized carbons (Fsp3) is 0.733. The number of nitrogens with one attached hydrogen (secondary N) is 2. The number of ether oxygens (including phenoxy) is 1. The first kappa shape index (κ1) is 15.0. The highest BCUT2D eigenvalue weighted by Gasteiger charge is 2.35. The minimum absolute atomic E-state index is 0.467. The molecular formula is C15H26N4O. The monoisotopic (exact) mass is 278 g/mol. The van der Waals surface area contributed by atoms with Gasteiger partial charge in [-0.25, -0.2) is 9.97 Å². The predicted molar refractivity (Wildman–Crippen MR) is 82.0 cm³/mol. The van der Waals surface area contributed by atoms with Crippen molar-refractivity contribution in [2.45, 2.75) is 52.7 Å². The van der Waals surface area contributed by atoms with Gasteiger partial charge in [0.2, 0.25) is 0 Å². The zero-order chi connectivity index (χ0) is 14.4. The Hall–Kier alpha value is -1.36. The summed E-state index contributed by atoms with van der Waals surface area (Å²) in [6.45, 7) is 8.43. The summed E-state index contributed by atoms with van der Waals surface area (Å²) in [6, 6.07) is 2.57. The molecule has 2 unspecified atom stereocenters. The molecule has 0 spiro atoms. The summed E-state index contributed by atoms with van der Waals surface area (Å²) in [4.78, 5) is 9.03. The lowest BCUT2D eigenvalue weighted by atomic mass is 10.3. The lowest BCUT2D eigenvalue weighted by molar-refractivity contribution is 0.128. The highest BCUT2D eigenvalue weighted by Crippen LogP contribution is 2.35. The third-order valence-electron chi connectivity index (χ3n) is 3.54. The van der Waals surface area contributed by atoms with Crippen molar-refractivity contribution < 1.29 is 4.74 Å². The van der Waals surface area contributed by atoms with Gasteiger partial charge in [-0.2, -0.15) is 0 Å². The summed E-state index contributed by atoms with van der Waals surface area (Å²) in [5.74, 6) is 3.33. The van der Waals surface area contributed by atoms with Gasteiger partial charge in [0.05, 0.1) is 0 Å². The van der Waals surface area contributed by atoms with E-state index in [2.05, 4.69) is 34.4 Å². The molecule has 0 saturated heterocycles. The molecule has 1 fully saturated rings. The Morgan fingerprint density at radius 3 is 2.70 bits per heavy atom. The normalized spacial score (nSPS) is 20.8. The zero-order valence-corrected chi connectivity index (χ0v) is 12.8. The molecule has 5 nitrogen and oxygen atoms in total. The van der Waals surface area contributed by atoms with Gasteiger partial charge in [0, 0.05) is 25.3 Å². The Morgan fingerprint density at radius 2 is 2.05 bits per heavy atom. The molecule has 2 N–H and O–H groups in total. The summed E-state index contributed by atoms with van der Waals surface area (Å²) < 4.78 is 5.42. The molecule has 20 heavy (non-hydrogen) atoms. The van der Waals surface area contributed by atoms with Crippen LogP contribution in [0.25, 0.3) is 0 Å². The van der Waals surface area contributed by atoms with Gasteiger partial charge >= 0.3 is 0 Å². The molecule has 1 heterocycles. The van der Waals surface area contributed by atoms with Crippen LogP contribution in [0, 0.1) is 5.92 Å². The van der Waals surface area contributed by atoms with Crippen molar-refractivity contribution in [3.8, 4) is 0 Å². The Morgan fingerprint density at radius 1 is 1.25 bits per heavy atom. The molecule has 2 atom stereocenters. The van der Waals surface area contributed by atoms with Crippen molar-refractivity contribution in [2.75, 3.05) is 23.8 Å². The molecule has 112 valence electrons. The predicted octanol–water partition coefficient (Wildman–Crippen LogP) is 3.05. The van der Waals surface area contributed by atoms with Crippen molar-refractivity contribution in [3.05, 3.63) is 11.9 Å². The molecule has 1 aromatic rings. The maximum atomic E-state index is 5.42. The first-order chi connectivity index (χ1) is 9.76. The van der Waals surface area contributed by atoms with Crippen LogP contribution in [0.1, 0.15) is 45.9 Å². The summed E-state index contributed by atoms with van der Waals surface area (Å²) in [5.41, 5.74) is 0. The summed E-state index contributed by atoms with van der Waals surface area (Å²) in [5, 5.41) is 6.83. The maximum Gasteiger partial charge on any atom is 0.158 e. The van der Waals surface area contributed by atoms with Crippen LogP contribution in [-0.4, -0.2) is 29.2 Å². The number of nitrogens with zero attached hydrogens (tertiary/aromatic N) is 2. The standard InChI is InChI=1S/C15H26N4O/c1-4-7-16-13-9-14(17-12-8-11(12)5-2)19-15(18-13)10-20-6-3/h9,11-12H,4-8,10H2,1-3H3,(H2,16,17,18,19). The summed E-state index contributed by atoms with van der Waals surface area (Å²) in [7, 11) is 0. The fourth-order valence-corrected chi connectivity index (χ4v) is 2.24. The molecule has 1 aliphatic carbocycles. The number of aromatic nitrogens is 2. The zero-order valence-electron chi connectivity index (χ0n) is 12.8. The third kappa shape index (κ3) is 4.34. The van der Waals surface area contributed by atoms with Crippen molar-refractivity contribution in [1.82, 2.24) is 9.97 Å². The van der Waals surface area contributed by atoms with Gasteiger partial charge in [-0.3, -0.25) is 0 Å². The lowest BCUT2D eigenvalue weighted by Gasteiger charge is -2.11. The second-order valence-corrected chi connectivity index (χ2v) is 5.27. The van der Waals surface area contributed by atoms with E-state index in [9.17, 15) is 0 Å². The summed E-state index contributed by atoms with van der Waals surface area (Å²) >= 11 is 0. The van der Waals surface area contributed by atoms with Crippen molar-refractivity contribution in [1.29, 1.82) is 0 Å². The van der Waals surface area contributed by atoms with Crippen molar-refractivity contribution in [3.63, 3.8) is 0 Å². The molecule has 0 bridgehead atoms. The van der Waals surface area contributed by atoms with E-state index in [0.29, 0.717) is 19.3 Å². The lowest BCUT2D eigenvalue weighted by Crippen LogP contribution is -2.11. The molecule has 1 aliphatic rings. The quantitative estimate of drug-likeness (QED) is 0.727. The number of rotatable bonds is 9. The fourth-order valence-electron chi connectivity index (χ4n) is 2.24. The Labute approximate surface area is 121 Å². The van der Waals surface area contributed by atoms with Crippen LogP contribution < -0.4 is 10.6 Å². The van der Waals surface area contributed by atoms with Gasteiger partial charge in [-0.15, -0.1) is 0 Å². The van der Waals surface area contributed by atoms with Crippen LogP contribution in [0.2, 0.25) is 0 Å². The van der Waals surface area contributed by atoms with Crippen LogP contribution in [0.15, 0.2) is 6.07 Å². The maximum absolute atomic E-state index is 5.42. The van der Waals surface area contributed by atoms with E-state index in [-0.39, 0.29) is 0 Å².